The standard InChI is InChI=1S/C17H21N3O3/c1-13-11-16(23-18-13)17(21)19(2)12-14-5-3-4-6-15(14)20-7-9-22-10-8-20/h3-6,11H,7-10,12H2,1-2H3. The summed E-state index contributed by atoms with van der Waals surface area (Å²) < 4.78 is 10.5. The molecule has 122 valence electrons. The number of carbonyl (C=O) groups excluding carboxylic acids is 1. The summed E-state index contributed by atoms with van der Waals surface area (Å²) in [6.45, 7) is 5.53. The molecule has 1 aromatic carbocycles. The minimum Gasteiger partial charge on any atom is -0.378 e. The molecular formula is C17H21N3O3. The Kier molecular flexibility index (Phi) is 4.62. The SMILES string of the molecule is Cc1cc(C(=O)N(C)Cc2ccccc2N2CCOCC2)on1. The van der Waals surface area contributed by atoms with Gasteiger partial charge in [-0.15, -0.1) is 0 Å². The van der Waals surface area contributed by atoms with E-state index in [1.165, 1.54) is 0 Å². The van der Waals surface area contributed by atoms with Gasteiger partial charge in [-0.3, -0.25) is 4.79 Å². The molecule has 0 unspecified atom stereocenters. The second-order valence-corrected chi connectivity index (χ2v) is 5.72. The lowest BCUT2D eigenvalue weighted by molar-refractivity contribution is 0.0743. The quantitative estimate of drug-likeness (QED) is 0.864. The third kappa shape index (κ3) is 3.53. The van der Waals surface area contributed by atoms with Crippen LogP contribution in [0.5, 0.6) is 0 Å². The molecule has 1 amide bonds. The van der Waals surface area contributed by atoms with E-state index < -0.39 is 0 Å². The third-order valence-corrected chi connectivity index (χ3v) is 3.94. The van der Waals surface area contributed by atoms with Crippen molar-refractivity contribution in [1.29, 1.82) is 0 Å². The van der Waals surface area contributed by atoms with Crippen molar-refractivity contribution < 1.29 is 14.1 Å². The van der Waals surface area contributed by atoms with Gasteiger partial charge >= 0.3 is 0 Å². The smallest absolute Gasteiger partial charge is 0.292 e. The minimum absolute atomic E-state index is 0.164. The Morgan fingerprint density at radius 1 is 1.30 bits per heavy atom. The van der Waals surface area contributed by atoms with Crippen LogP contribution in [0.1, 0.15) is 21.8 Å². The summed E-state index contributed by atoms with van der Waals surface area (Å²) in [7, 11) is 1.77. The fourth-order valence-corrected chi connectivity index (χ4v) is 2.74. The van der Waals surface area contributed by atoms with Crippen molar-refractivity contribution in [1.82, 2.24) is 10.1 Å². The van der Waals surface area contributed by atoms with E-state index in [1.807, 2.05) is 12.1 Å². The molecule has 0 N–H and O–H groups in total. The molecule has 1 aliphatic heterocycles. The van der Waals surface area contributed by atoms with Crippen LogP contribution in [0.15, 0.2) is 34.9 Å². The van der Waals surface area contributed by atoms with Crippen LogP contribution in [0.2, 0.25) is 0 Å². The normalized spacial score (nSPS) is 14.8. The van der Waals surface area contributed by atoms with E-state index in [0.717, 1.165) is 37.6 Å². The maximum atomic E-state index is 12.4. The molecule has 0 radical (unpaired) electrons. The summed E-state index contributed by atoms with van der Waals surface area (Å²) in [5.41, 5.74) is 2.97. The van der Waals surface area contributed by atoms with Crippen molar-refractivity contribution in [3.63, 3.8) is 0 Å². The molecule has 0 bridgehead atoms. The third-order valence-electron chi connectivity index (χ3n) is 3.94. The second kappa shape index (κ2) is 6.83. The van der Waals surface area contributed by atoms with Gasteiger partial charge in [-0.05, 0) is 18.6 Å². The molecule has 0 atom stereocenters. The molecule has 1 fully saturated rings. The van der Waals surface area contributed by atoms with Gasteiger partial charge < -0.3 is 19.1 Å². The van der Waals surface area contributed by atoms with Crippen molar-refractivity contribution in [3.05, 3.63) is 47.3 Å². The fraction of sp³-hybridized carbons (Fsp3) is 0.412. The number of para-hydroxylation sites is 1. The van der Waals surface area contributed by atoms with Crippen LogP contribution in [0.4, 0.5) is 5.69 Å². The number of rotatable bonds is 4. The average molecular weight is 315 g/mol. The van der Waals surface area contributed by atoms with Crippen molar-refractivity contribution in [2.45, 2.75) is 13.5 Å². The Hall–Kier alpha value is -2.34. The topological polar surface area (TPSA) is 58.8 Å². The minimum atomic E-state index is -0.164. The van der Waals surface area contributed by atoms with Crippen LogP contribution in [-0.4, -0.2) is 49.3 Å². The van der Waals surface area contributed by atoms with Gasteiger partial charge in [0.1, 0.15) is 0 Å². The van der Waals surface area contributed by atoms with Crippen LogP contribution in [0.25, 0.3) is 0 Å². The molecular weight excluding hydrogens is 294 g/mol. The van der Waals surface area contributed by atoms with Crippen LogP contribution >= 0.6 is 0 Å². The molecule has 6 nitrogen and oxygen atoms in total. The lowest BCUT2D eigenvalue weighted by atomic mass is 10.1. The summed E-state index contributed by atoms with van der Waals surface area (Å²) in [6.07, 6.45) is 0. The van der Waals surface area contributed by atoms with Gasteiger partial charge in [-0.2, -0.15) is 0 Å². The first-order chi connectivity index (χ1) is 11.1. The Bertz CT molecular complexity index is 677. The number of nitrogens with zero attached hydrogens (tertiary/aromatic N) is 3. The monoisotopic (exact) mass is 315 g/mol. The highest BCUT2D eigenvalue weighted by Crippen LogP contribution is 2.23. The van der Waals surface area contributed by atoms with Gasteiger partial charge in [-0.1, -0.05) is 23.4 Å². The van der Waals surface area contributed by atoms with Crippen LogP contribution in [0.3, 0.4) is 0 Å². The Labute approximate surface area is 135 Å². The first-order valence-corrected chi connectivity index (χ1v) is 7.74. The van der Waals surface area contributed by atoms with E-state index in [9.17, 15) is 4.79 Å². The number of ether oxygens (including phenoxy) is 1. The van der Waals surface area contributed by atoms with Crippen LogP contribution in [0, 0.1) is 6.92 Å². The molecule has 1 aliphatic rings. The number of amides is 1. The Balaban J connectivity index is 1.75. The Morgan fingerprint density at radius 3 is 2.74 bits per heavy atom. The molecule has 6 heteroatoms. The highest BCUT2D eigenvalue weighted by Gasteiger charge is 2.20. The highest BCUT2D eigenvalue weighted by atomic mass is 16.5. The highest BCUT2D eigenvalue weighted by molar-refractivity contribution is 5.91. The molecule has 0 aliphatic carbocycles. The van der Waals surface area contributed by atoms with Gasteiger partial charge in [0.2, 0.25) is 5.76 Å². The van der Waals surface area contributed by atoms with Crippen molar-refractivity contribution in [3.8, 4) is 0 Å². The molecule has 2 aromatic rings. The molecule has 23 heavy (non-hydrogen) atoms. The van der Waals surface area contributed by atoms with E-state index in [4.69, 9.17) is 9.26 Å². The largest absolute Gasteiger partial charge is 0.378 e. The van der Waals surface area contributed by atoms with Crippen molar-refractivity contribution in [2.24, 2.45) is 0 Å². The molecule has 1 aromatic heterocycles. The lowest BCUT2D eigenvalue weighted by Crippen LogP contribution is -2.37. The maximum absolute atomic E-state index is 12.4. The van der Waals surface area contributed by atoms with E-state index >= 15 is 0 Å². The summed E-state index contributed by atoms with van der Waals surface area (Å²) >= 11 is 0. The van der Waals surface area contributed by atoms with Crippen LogP contribution in [-0.2, 0) is 11.3 Å². The summed E-state index contributed by atoms with van der Waals surface area (Å²) in [6, 6.07) is 9.83. The maximum Gasteiger partial charge on any atom is 0.292 e. The van der Waals surface area contributed by atoms with Crippen molar-refractivity contribution >= 4 is 11.6 Å². The average Bonchev–Trinajstić information content (AvgIpc) is 3.02. The van der Waals surface area contributed by atoms with Gasteiger partial charge in [0.05, 0.1) is 18.9 Å². The summed E-state index contributed by atoms with van der Waals surface area (Å²) in [5.74, 6) is 0.108. The van der Waals surface area contributed by atoms with Gasteiger partial charge in [0.25, 0.3) is 5.91 Å². The summed E-state index contributed by atoms with van der Waals surface area (Å²) in [5, 5.41) is 3.77. The predicted octanol–water partition coefficient (Wildman–Crippen LogP) is 2.09. The van der Waals surface area contributed by atoms with Gasteiger partial charge in [-0.25, -0.2) is 0 Å². The van der Waals surface area contributed by atoms with Gasteiger partial charge in [0, 0.05) is 38.4 Å². The zero-order valence-corrected chi connectivity index (χ0v) is 13.5. The molecule has 1 saturated heterocycles. The number of morpholine rings is 1. The number of hydrogen-bond acceptors (Lipinski definition) is 5. The second-order valence-electron chi connectivity index (χ2n) is 5.72. The summed E-state index contributed by atoms with van der Waals surface area (Å²) in [4.78, 5) is 16.4. The predicted molar refractivity (Wildman–Crippen MR) is 86.5 cm³/mol. The fourth-order valence-electron chi connectivity index (χ4n) is 2.74. The molecule has 2 heterocycles. The van der Waals surface area contributed by atoms with E-state index in [1.54, 1.807) is 24.9 Å². The zero-order valence-electron chi connectivity index (χ0n) is 13.5. The van der Waals surface area contributed by atoms with E-state index in [-0.39, 0.29) is 11.7 Å². The number of benzene rings is 1. The number of hydrogen-bond donors (Lipinski definition) is 0. The number of anilines is 1. The first kappa shape index (κ1) is 15.6. The lowest BCUT2D eigenvalue weighted by Gasteiger charge is -2.31. The zero-order chi connectivity index (χ0) is 16.2. The van der Waals surface area contributed by atoms with Crippen LogP contribution < -0.4 is 4.90 Å². The Morgan fingerprint density at radius 2 is 2.04 bits per heavy atom. The first-order valence-electron chi connectivity index (χ1n) is 7.74. The van der Waals surface area contributed by atoms with E-state index in [0.29, 0.717) is 12.2 Å². The molecule has 3 rings (SSSR count). The molecule has 0 saturated carbocycles. The molecule has 0 spiro atoms. The van der Waals surface area contributed by atoms with Gasteiger partial charge in [0.15, 0.2) is 0 Å². The van der Waals surface area contributed by atoms with Crippen molar-refractivity contribution in [2.75, 3.05) is 38.3 Å². The number of aryl methyl sites for hydroxylation is 1. The number of aromatic nitrogens is 1. The van der Waals surface area contributed by atoms with E-state index in [2.05, 4.69) is 22.2 Å². The number of carbonyl (C=O) groups is 1.